The summed E-state index contributed by atoms with van der Waals surface area (Å²) in [5.41, 5.74) is 3.24. The number of nitro groups is 1. The van der Waals surface area contributed by atoms with Crippen LogP contribution in [0.2, 0.25) is 0 Å². The fraction of sp³-hybridized carbons (Fsp3) is 0.0625. The van der Waals surface area contributed by atoms with Crippen molar-refractivity contribution >= 4 is 39.6 Å². The summed E-state index contributed by atoms with van der Waals surface area (Å²) in [4.78, 5) is 33.6. The van der Waals surface area contributed by atoms with Crippen molar-refractivity contribution in [3.8, 4) is 0 Å². The van der Waals surface area contributed by atoms with E-state index in [4.69, 9.17) is 0 Å². The standard InChI is InChI=1S/C16H13BrN4O4/c17-13-3-1-2-12(8-13)16(23)18-10-15(22)20-19-9-11-4-6-14(7-5-11)21(24)25/h1-9H,10H2,(H,18,23)(H,20,22)/b19-9+. The number of hydrogen-bond donors (Lipinski definition) is 2. The molecule has 0 aliphatic rings. The zero-order chi connectivity index (χ0) is 18.2. The number of nitrogens with zero attached hydrogens (tertiary/aromatic N) is 2. The summed E-state index contributed by atoms with van der Waals surface area (Å²) in [6, 6.07) is 12.4. The Labute approximate surface area is 151 Å². The maximum atomic E-state index is 11.9. The maximum Gasteiger partial charge on any atom is 0.269 e. The number of halogens is 1. The topological polar surface area (TPSA) is 114 Å². The first-order valence-electron chi connectivity index (χ1n) is 7.06. The van der Waals surface area contributed by atoms with Crippen LogP contribution in [0.5, 0.6) is 0 Å². The zero-order valence-electron chi connectivity index (χ0n) is 12.8. The fourth-order valence-corrected chi connectivity index (χ4v) is 2.19. The maximum absolute atomic E-state index is 11.9. The van der Waals surface area contributed by atoms with Gasteiger partial charge in [-0.25, -0.2) is 5.43 Å². The molecule has 0 heterocycles. The van der Waals surface area contributed by atoms with Gasteiger partial charge in [-0.3, -0.25) is 19.7 Å². The first kappa shape index (κ1) is 18.3. The number of non-ortho nitro benzene ring substituents is 1. The molecule has 0 aliphatic heterocycles. The number of nitro benzene ring substituents is 1. The molecule has 2 N–H and O–H groups in total. The highest BCUT2D eigenvalue weighted by Crippen LogP contribution is 2.11. The van der Waals surface area contributed by atoms with Crippen molar-refractivity contribution in [3.63, 3.8) is 0 Å². The van der Waals surface area contributed by atoms with Gasteiger partial charge < -0.3 is 5.32 Å². The van der Waals surface area contributed by atoms with Crippen LogP contribution in [0, 0.1) is 10.1 Å². The molecule has 0 saturated heterocycles. The van der Waals surface area contributed by atoms with Crippen LogP contribution in [0.4, 0.5) is 5.69 Å². The van der Waals surface area contributed by atoms with Crippen molar-refractivity contribution < 1.29 is 14.5 Å². The van der Waals surface area contributed by atoms with Crippen LogP contribution >= 0.6 is 15.9 Å². The molecule has 128 valence electrons. The van der Waals surface area contributed by atoms with Crippen molar-refractivity contribution in [1.29, 1.82) is 0 Å². The van der Waals surface area contributed by atoms with Gasteiger partial charge in [-0.05, 0) is 35.9 Å². The van der Waals surface area contributed by atoms with Gasteiger partial charge in [0.05, 0.1) is 17.7 Å². The van der Waals surface area contributed by atoms with Gasteiger partial charge in [-0.15, -0.1) is 0 Å². The largest absolute Gasteiger partial charge is 0.343 e. The summed E-state index contributed by atoms with van der Waals surface area (Å²) >= 11 is 3.26. The third kappa shape index (κ3) is 5.81. The van der Waals surface area contributed by atoms with Crippen molar-refractivity contribution in [2.24, 2.45) is 5.10 Å². The van der Waals surface area contributed by atoms with Crippen LogP contribution in [-0.2, 0) is 4.79 Å². The van der Waals surface area contributed by atoms with E-state index >= 15 is 0 Å². The van der Waals surface area contributed by atoms with Crippen LogP contribution in [0.1, 0.15) is 15.9 Å². The summed E-state index contributed by atoms with van der Waals surface area (Å²) in [6.07, 6.45) is 1.34. The van der Waals surface area contributed by atoms with E-state index in [1.54, 1.807) is 24.3 Å². The summed E-state index contributed by atoms with van der Waals surface area (Å²) in [5, 5.41) is 16.7. The molecular formula is C16H13BrN4O4. The minimum Gasteiger partial charge on any atom is -0.343 e. The molecule has 8 nitrogen and oxygen atoms in total. The highest BCUT2D eigenvalue weighted by atomic mass is 79.9. The second-order valence-corrected chi connectivity index (χ2v) is 5.75. The number of hydrogen-bond acceptors (Lipinski definition) is 5. The van der Waals surface area contributed by atoms with Crippen LogP contribution in [-0.4, -0.2) is 29.5 Å². The molecule has 0 bridgehead atoms. The Hall–Kier alpha value is -3.07. The molecule has 0 fully saturated rings. The first-order valence-corrected chi connectivity index (χ1v) is 7.85. The minimum absolute atomic E-state index is 0.0311. The van der Waals surface area contributed by atoms with Crippen LogP contribution in [0.3, 0.4) is 0 Å². The van der Waals surface area contributed by atoms with Gasteiger partial charge in [0.2, 0.25) is 0 Å². The number of benzene rings is 2. The summed E-state index contributed by atoms with van der Waals surface area (Å²) in [5.74, 6) is -0.877. The van der Waals surface area contributed by atoms with E-state index in [9.17, 15) is 19.7 Å². The molecule has 2 rings (SSSR count). The van der Waals surface area contributed by atoms with Crippen molar-refractivity contribution in [3.05, 3.63) is 74.2 Å². The van der Waals surface area contributed by atoms with E-state index < -0.39 is 10.8 Å². The third-order valence-electron chi connectivity index (χ3n) is 3.00. The van der Waals surface area contributed by atoms with E-state index in [2.05, 4.69) is 31.8 Å². The Kier molecular flexibility index (Phi) is 6.35. The number of nitrogens with one attached hydrogen (secondary N) is 2. The van der Waals surface area contributed by atoms with Gasteiger partial charge >= 0.3 is 0 Å². The van der Waals surface area contributed by atoms with E-state index in [1.165, 1.54) is 30.5 Å². The average molecular weight is 405 g/mol. The first-order chi connectivity index (χ1) is 12.0. The van der Waals surface area contributed by atoms with Gasteiger partial charge in [0.25, 0.3) is 17.5 Å². The Balaban J connectivity index is 1.80. The number of rotatable bonds is 6. The Bertz CT molecular complexity index is 821. The Morgan fingerprint density at radius 2 is 1.92 bits per heavy atom. The van der Waals surface area contributed by atoms with E-state index in [0.717, 1.165) is 4.47 Å². The monoisotopic (exact) mass is 404 g/mol. The zero-order valence-corrected chi connectivity index (χ0v) is 14.4. The highest BCUT2D eigenvalue weighted by Gasteiger charge is 2.07. The molecule has 0 aliphatic carbocycles. The summed E-state index contributed by atoms with van der Waals surface area (Å²) < 4.78 is 0.761. The molecule has 0 radical (unpaired) electrons. The number of carbonyl (C=O) groups is 2. The minimum atomic E-state index is -0.503. The molecule has 0 unspecified atom stereocenters. The molecule has 0 atom stereocenters. The lowest BCUT2D eigenvalue weighted by Crippen LogP contribution is -2.34. The highest BCUT2D eigenvalue weighted by molar-refractivity contribution is 9.10. The molecule has 9 heteroatoms. The molecule has 2 aromatic rings. The van der Waals surface area contributed by atoms with Gasteiger partial charge in [0, 0.05) is 22.2 Å². The van der Waals surface area contributed by atoms with Crippen molar-refractivity contribution in [1.82, 2.24) is 10.7 Å². The van der Waals surface area contributed by atoms with Gasteiger partial charge in [-0.1, -0.05) is 22.0 Å². The molecule has 0 aromatic heterocycles. The van der Waals surface area contributed by atoms with E-state index in [0.29, 0.717) is 11.1 Å². The Morgan fingerprint density at radius 1 is 1.20 bits per heavy atom. The van der Waals surface area contributed by atoms with Crippen LogP contribution in [0.25, 0.3) is 0 Å². The number of carbonyl (C=O) groups excluding carboxylic acids is 2. The van der Waals surface area contributed by atoms with E-state index in [-0.39, 0.29) is 18.1 Å². The van der Waals surface area contributed by atoms with Gasteiger partial charge in [-0.2, -0.15) is 5.10 Å². The summed E-state index contributed by atoms with van der Waals surface area (Å²) in [7, 11) is 0. The lowest BCUT2D eigenvalue weighted by atomic mass is 10.2. The molecule has 0 saturated carbocycles. The average Bonchev–Trinajstić information content (AvgIpc) is 2.60. The fourth-order valence-electron chi connectivity index (χ4n) is 1.79. The van der Waals surface area contributed by atoms with Crippen molar-refractivity contribution in [2.75, 3.05) is 6.54 Å². The van der Waals surface area contributed by atoms with E-state index in [1.807, 2.05) is 0 Å². The quantitative estimate of drug-likeness (QED) is 0.436. The molecule has 2 aromatic carbocycles. The van der Waals surface area contributed by atoms with Gasteiger partial charge in [0.1, 0.15) is 0 Å². The SMILES string of the molecule is O=C(CNC(=O)c1cccc(Br)c1)N/N=C/c1ccc([N+](=O)[O-])cc1. The lowest BCUT2D eigenvalue weighted by molar-refractivity contribution is -0.384. The Morgan fingerprint density at radius 3 is 2.56 bits per heavy atom. The molecular weight excluding hydrogens is 392 g/mol. The molecule has 25 heavy (non-hydrogen) atoms. The predicted molar refractivity (Wildman–Crippen MR) is 95.3 cm³/mol. The van der Waals surface area contributed by atoms with Crippen molar-refractivity contribution in [2.45, 2.75) is 0 Å². The normalized spacial score (nSPS) is 10.4. The number of hydrazone groups is 1. The molecule has 2 amide bonds. The van der Waals surface area contributed by atoms with Gasteiger partial charge in [0.15, 0.2) is 0 Å². The predicted octanol–water partition coefficient (Wildman–Crippen LogP) is 2.24. The third-order valence-corrected chi connectivity index (χ3v) is 3.50. The molecule has 0 spiro atoms. The number of amides is 2. The summed E-state index contributed by atoms with van der Waals surface area (Å²) in [6.45, 7) is -0.233. The van der Waals surface area contributed by atoms with Crippen LogP contribution < -0.4 is 10.7 Å². The lowest BCUT2D eigenvalue weighted by Gasteiger charge is -2.04. The second-order valence-electron chi connectivity index (χ2n) is 4.83. The second kappa shape index (κ2) is 8.69. The smallest absolute Gasteiger partial charge is 0.269 e. The van der Waals surface area contributed by atoms with Crippen LogP contribution in [0.15, 0.2) is 58.1 Å².